The van der Waals surface area contributed by atoms with Crippen molar-refractivity contribution in [3.63, 3.8) is 0 Å². The Morgan fingerprint density at radius 3 is 2.00 bits per heavy atom. The van der Waals surface area contributed by atoms with Crippen LogP contribution in [0.3, 0.4) is 0 Å². The molecule has 0 saturated carbocycles. The van der Waals surface area contributed by atoms with Gasteiger partial charge in [0.2, 0.25) is 0 Å². The zero-order chi connectivity index (χ0) is 21.1. The number of halogens is 3. The molecule has 0 bridgehead atoms. The van der Waals surface area contributed by atoms with Crippen LogP contribution in [-0.4, -0.2) is 35.3 Å². The van der Waals surface area contributed by atoms with Gasteiger partial charge in [0.1, 0.15) is 17.8 Å². The highest BCUT2D eigenvalue weighted by Crippen LogP contribution is 2.41. The first-order valence-corrected chi connectivity index (χ1v) is 10.4. The standard InChI is InChI=1S/C24H20F3N3O/c25-12-1-3-20-16(8-12)18-10-19-17-9-13(26)2-4-21(17)30-23(19)24(22(18)29-20)31-6-5-15-7-14(27)11-28-15/h1-4,8-10,14-15,28-30H,5-7,11H2/t14-,15+/m0/s1. The van der Waals surface area contributed by atoms with E-state index < -0.39 is 6.17 Å². The maximum Gasteiger partial charge on any atom is 0.167 e. The van der Waals surface area contributed by atoms with Crippen molar-refractivity contribution in [2.45, 2.75) is 25.1 Å². The second kappa shape index (κ2) is 6.92. The third-order valence-corrected chi connectivity index (χ3v) is 6.23. The van der Waals surface area contributed by atoms with Gasteiger partial charge in [-0.3, -0.25) is 0 Å². The van der Waals surface area contributed by atoms with Gasteiger partial charge in [-0.25, -0.2) is 13.2 Å². The highest BCUT2D eigenvalue weighted by atomic mass is 19.1. The fraction of sp³-hybridized carbons (Fsp3) is 0.250. The van der Waals surface area contributed by atoms with E-state index in [9.17, 15) is 13.2 Å². The van der Waals surface area contributed by atoms with Gasteiger partial charge in [0.05, 0.1) is 17.6 Å². The lowest BCUT2D eigenvalue weighted by Crippen LogP contribution is -2.23. The third kappa shape index (κ3) is 3.03. The highest BCUT2D eigenvalue weighted by molar-refractivity contribution is 6.20. The summed E-state index contributed by atoms with van der Waals surface area (Å²) in [7, 11) is 0. The maximum absolute atomic E-state index is 14.0. The molecule has 3 N–H and O–H groups in total. The molecule has 0 spiro atoms. The fourth-order valence-electron chi connectivity index (χ4n) is 4.73. The van der Waals surface area contributed by atoms with Crippen LogP contribution in [0.25, 0.3) is 43.6 Å². The highest BCUT2D eigenvalue weighted by Gasteiger charge is 2.24. The van der Waals surface area contributed by atoms with Crippen LogP contribution in [0.15, 0.2) is 42.5 Å². The van der Waals surface area contributed by atoms with Crippen LogP contribution in [-0.2, 0) is 0 Å². The average molecular weight is 423 g/mol. The van der Waals surface area contributed by atoms with Gasteiger partial charge in [-0.05, 0) is 55.3 Å². The molecule has 3 aromatic carbocycles. The number of aromatic amines is 2. The number of rotatable bonds is 4. The summed E-state index contributed by atoms with van der Waals surface area (Å²) in [5.74, 6) is -0.0430. The largest absolute Gasteiger partial charge is 0.489 e. The molecule has 5 aromatic rings. The minimum atomic E-state index is -0.813. The first-order chi connectivity index (χ1) is 15.1. The zero-order valence-electron chi connectivity index (χ0n) is 16.6. The van der Waals surface area contributed by atoms with Crippen molar-refractivity contribution in [1.29, 1.82) is 0 Å². The van der Waals surface area contributed by atoms with E-state index in [0.717, 1.165) is 43.6 Å². The van der Waals surface area contributed by atoms with Crippen LogP contribution in [0.5, 0.6) is 5.75 Å². The Morgan fingerprint density at radius 1 is 0.839 bits per heavy atom. The first-order valence-electron chi connectivity index (χ1n) is 10.4. The number of alkyl halides is 1. The topological polar surface area (TPSA) is 52.8 Å². The Kier molecular flexibility index (Phi) is 4.14. The van der Waals surface area contributed by atoms with Gasteiger partial charge in [-0.1, -0.05) is 0 Å². The minimum absolute atomic E-state index is 0.0818. The molecular formula is C24H20F3N3O. The molecule has 31 heavy (non-hydrogen) atoms. The molecule has 4 nitrogen and oxygen atoms in total. The molecule has 0 aliphatic carbocycles. The van der Waals surface area contributed by atoms with Crippen molar-refractivity contribution in [3.05, 3.63) is 54.1 Å². The Bertz CT molecular complexity index is 1360. The minimum Gasteiger partial charge on any atom is -0.489 e. The summed E-state index contributed by atoms with van der Waals surface area (Å²) in [4.78, 5) is 6.69. The summed E-state index contributed by atoms with van der Waals surface area (Å²) in [6.45, 7) is 0.776. The van der Waals surface area contributed by atoms with Gasteiger partial charge < -0.3 is 20.0 Å². The molecule has 1 aliphatic heterocycles. The van der Waals surface area contributed by atoms with E-state index in [1.54, 1.807) is 12.1 Å². The molecule has 7 heteroatoms. The summed E-state index contributed by atoms with van der Waals surface area (Å²) >= 11 is 0. The smallest absolute Gasteiger partial charge is 0.167 e. The van der Waals surface area contributed by atoms with Crippen LogP contribution in [0.2, 0.25) is 0 Å². The summed E-state index contributed by atoms with van der Waals surface area (Å²) in [6.07, 6.45) is 0.342. The normalized spacial score (nSPS) is 19.3. The first kappa shape index (κ1) is 18.6. The molecule has 2 aromatic heterocycles. The van der Waals surface area contributed by atoms with Crippen molar-refractivity contribution in [1.82, 2.24) is 15.3 Å². The summed E-state index contributed by atoms with van der Waals surface area (Å²) in [5.41, 5.74) is 3.09. The summed E-state index contributed by atoms with van der Waals surface area (Å²) < 4.78 is 47.6. The van der Waals surface area contributed by atoms with E-state index in [-0.39, 0.29) is 17.7 Å². The Hall–Kier alpha value is -3.19. The predicted octanol–water partition coefficient (Wildman–Crippen LogP) is 5.70. The molecule has 2 atom stereocenters. The Labute approximate surface area is 175 Å². The lowest BCUT2D eigenvalue weighted by molar-refractivity contribution is 0.291. The molecule has 3 heterocycles. The monoisotopic (exact) mass is 423 g/mol. The van der Waals surface area contributed by atoms with Crippen LogP contribution in [0, 0.1) is 11.6 Å². The molecule has 6 rings (SSSR count). The number of hydrogen-bond donors (Lipinski definition) is 3. The van der Waals surface area contributed by atoms with Crippen LogP contribution in [0.1, 0.15) is 12.8 Å². The number of nitrogens with one attached hydrogen (secondary N) is 3. The predicted molar refractivity (Wildman–Crippen MR) is 116 cm³/mol. The average Bonchev–Trinajstić information content (AvgIpc) is 3.43. The number of benzene rings is 3. The summed E-state index contributed by atoms with van der Waals surface area (Å²) in [6, 6.07) is 11.2. The lowest BCUT2D eigenvalue weighted by atomic mass is 10.1. The number of fused-ring (bicyclic) bond motifs is 6. The number of hydrogen-bond acceptors (Lipinski definition) is 2. The lowest BCUT2D eigenvalue weighted by Gasteiger charge is -2.13. The molecule has 0 amide bonds. The van der Waals surface area contributed by atoms with Crippen LogP contribution >= 0.6 is 0 Å². The molecule has 1 fully saturated rings. The van der Waals surface area contributed by atoms with E-state index in [0.29, 0.717) is 31.7 Å². The second-order valence-electron chi connectivity index (χ2n) is 8.26. The van der Waals surface area contributed by atoms with Crippen LogP contribution in [0.4, 0.5) is 13.2 Å². The molecule has 1 saturated heterocycles. The van der Waals surface area contributed by atoms with E-state index >= 15 is 0 Å². The van der Waals surface area contributed by atoms with Gasteiger partial charge in [-0.2, -0.15) is 0 Å². The number of H-pyrrole nitrogens is 2. The summed E-state index contributed by atoms with van der Waals surface area (Å²) in [5, 5.41) is 6.27. The van der Waals surface area contributed by atoms with Crippen molar-refractivity contribution in [2.24, 2.45) is 0 Å². The van der Waals surface area contributed by atoms with E-state index in [1.807, 2.05) is 6.07 Å². The van der Waals surface area contributed by atoms with E-state index in [1.165, 1.54) is 24.3 Å². The van der Waals surface area contributed by atoms with Crippen molar-refractivity contribution >= 4 is 43.6 Å². The van der Waals surface area contributed by atoms with Crippen molar-refractivity contribution in [2.75, 3.05) is 13.2 Å². The third-order valence-electron chi connectivity index (χ3n) is 6.23. The quantitative estimate of drug-likeness (QED) is 0.347. The zero-order valence-corrected chi connectivity index (χ0v) is 16.6. The van der Waals surface area contributed by atoms with Gasteiger partial charge in [0.25, 0.3) is 0 Å². The van der Waals surface area contributed by atoms with E-state index in [4.69, 9.17) is 4.74 Å². The van der Waals surface area contributed by atoms with Crippen LogP contribution < -0.4 is 10.1 Å². The Balaban J connectivity index is 1.53. The van der Waals surface area contributed by atoms with Crippen molar-refractivity contribution < 1.29 is 17.9 Å². The van der Waals surface area contributed by atoms with Crippen molar-refractivity contribution in [3.8, 4) is 5.75 Å². The van der Waals surface area contributed by atoms with Gasteiger partial charge >= 0.3 is 0 Å². The SMILES string of the molecule is Fc1ccc2[nH]c3c(OCC[C@@H]4C[C@H](F)CN4)c4[nH]c5ccc(F)cc5c4cc3c2c1. The molecule has 158 valence electrons. The van der Waals surface area contributed by atoms with Gasteiger partial charge in [0, 0.05) is 45.2 Å². The number of aromatic nitrogens is 2. The molecule has 1 aliphatic rings. The van der Waals surface area contributed by atoms with E-state index in [2.05, 4.69) is 15.3 Å². The fourth-order valence-corrected chi connectivity index (χ4v) is 4.73. The second-order valence-corrected chi connectivity index (χ2v) is 8.26. The molecule has 0 unspecified atom stereocenters. The maximum atomic E-state index is 14.0. The molecular weight excluding hydrogens is 403 g/mol. The van der Waals surface area contributed by atoms with Gasteiger partial charge in [-0.15, -0.1) is 0 Å². The van der Waals surface area contributed by atoms with Gasteiger partial charge in [0.15, 0.2) is 5.75 Å². The Morgan fingerprint density at radius 2 is 1.45 bits per heavy atom. The molecule has 0 radical (unpaired) electrons. The number of ether oxygens (including phenoxy) is 1.